The number of carbonyl (C=O) groups excluding carboxylic acids is 1. The molecule has 1 amide bonds. The zero-order valence-corrected chi connectivity index (χ0v) is 19.5. The molecule has 3 rings (SSSR count). The normalized spacial score (nSPS) is 20.2. The van der Waals surface area contributed by atoms with Crippen LogP contribution in [-0.2, 0) is 26.5 Å². The Morgan fingerprint density at radius 1 is 1.12 bits per heavy atom. The molecule has 2 atom stereocenters. The van der Waals surface area contributed by atoms with Crippen molar-refractivity contribution in [1.82, 2.24) is 9.62 Å². The fraction of sp³-hybridized carbons (Fsp3) is 0.435. The van der Waals surface area contributed by atoms with Gasteiger partial charge < -0.3 is 9.64 Å². The second-order valence-electron chi connectivity index (χ2n) is 8.38. The summed E-state index contributed by atoms with van der Waals surface area (Å²) in [4.78, 5) is 14.5. The molecule has 34 heavy (non-hydrogen) atoms. The topological polar surface area (TPSA) is 75.7 Å². The Labute approximate surface area is 196 Å². The molecule has 6 nitrogen and oxygen atoms in total. The number of halogens is 4. The molecule has 186 valence electrons. The highest BCUT2D eigenvalue weighted by Gasteiger charge is 2.43. The summed E-state index contributed by atoms with van der Waals surface area (Å²) in [5.41, 5.74) is -0.747. The molecule has 1 aliphatic heterocycles. The third-order valence-electron chi connectivity index (χ3n) is 5.95. The molecule has 0 aliphatic carbocycles. The number of rotatable bonds is 8. The van der Waals surface area contributed by atoms with Crippen molar-refractivity contribution in [3.05, 3.63) is 71.0 Å². The second-order valence-corrected chi connectivity index (χ2v) is 10.2. The van der Waals surface area contributed by atoms with Crippen LogP contribution in [0.25, 0.3) is 0 Å². The van der Waals surface area contributed by atoms with Crippen LogP contribution in [0.15, 0.2) is 48.5 Å². The quantitative estimate of drug-likeness (QED) is 0.409. The van der Waals surface area contributed by atoms with Gasteiger partial charge in [0.05, 0.1) is 17.9 Å². The van der Waals surface area contributed by atoms with Crippen LogP contribution in [0.3, 0.4) is 0 Å². The van der Waals surface area contributed by atoms with Crippen LogP contribution in [0.4, 0.5) is 22.4 Å². The van der Waals surface area contributed by atoms with Crippen molar-refractivity contribution in [1.29, 1.82) is 0 Å². The van der Waals surface area contributed by atoms with Crippen LogP contribution in [-0.4, -0.2) is 38.8 Å². The van der Waals surface area contributed by atoms with Crippen molar-refractivity contribution in [2.24, 2.45) is 0 Å². The lowest BCUT2D eigenvalue weighted by Gasteiger charge is -2.43. The van der Waals surface area contributed by atoms with E-state index in [0.717, 1.165) is 18.4 Å². The van der Waals surface area contributed by atoms with Gasteiger partial charge >= 0.3 is 12.3 Å². The lowest BCUT2D eigenvalue weighted by molar-refractivity contribution is -0.137. The van der Waals surface area contributed by atoms with Gasteiger partial charge in [0, 0.05) is 19.5 Å². The van der Waals surface area contributed by atoms with Crippen molar-refractivity contribution < 1.29 is 35.5 Å². The third kappa shape index (κ3) is 6.26. The summed E-state index contributed by atoms with van der Waals surface area (Å²) in [6, 6.07) is 9.65. The van der Waals surface area contributed by atoms with E-state index in [2.05, 4.69) is 4.72 Å². The van der Waals surface area contributed by atoms with Gasteiger partial charge in [-0.05, 0) is 55.2 Å². The monoisotopic (exact) mass is 502 g/mol. The molecule has 0 bridgehead atoms. The molecule has 2 aromatic rings. The molecule has 2 aromatic carbocycles. The molecule has 1 heterocycles. The van der Waals surface area contributed by atoms with Gasteiger partial charge in [0.2, 0.25) is 10.0 Å². The van der Waals surface area contributed by atoms with Crippen LogP contribution in [0.5, 0.6) is 0 Å². The molecule has 0 aromatic heterocycles. The Balaban J connectivity index is 1.77. The van der Waals surface area contributed by atoms with Crippen LogP contribution >= 0.6 is 0 Å². The number of nitrogens with zero attached hydrogens (tertiary/aromatic N) is 1. The standard InChI is InChI=1S/C23H26F4N2O4S/c1-16(17-4-6-19(7-5-17)23(25,26)27)29-15-13-22(33-21(29)30,12-3-14-28-34(2,31)32)18-8-10-20(24)11-9-18/h4-11,16,28H,3,12-15H2,1-2H3/t16-,22+/m0/s1. The Hall–Kier alpha value is -2.66. The van der Waals surface area contributed by atoms with Crippen LogP contribution in [0, 0.1) is 5.82 Å². The molecule has 0 spiro atoms. The molecule has 1 N–H and O–H groups in total. The van der Waals surface area contributed by atoms with Crippen molar-refractivity contribution in [2.75, 3.05) is 19.3 Å². The average molecular weight is 503 g/mol. The number of alkyl halides is 3. The van der Waals surface area contributed by atoms with Crippen LogP contribution < -0.4 is 4.72 Å². The number of hydrogen-bond acceptors (Lipinski definition) is 4. The van der Waals surface area contributed by atoms with Gasteiger partial charge in [-0.2, -0.15) is 13.2 Å². The van der Waals surface area contributed by atoms with E-state index < -0.39 is 45.3 Å². The first-order valence-corrected chi connectivity index (χ1v) is 12.6. The van der Waals surface area contributed by atoms with Gasteiger partial charge in [0.1, 0.15) is 11.4 Å². The highest BCUT2D eigenvalue weighted by Crippen LogP contribution is 2.40. The minimum atomic E-state index is -4.45. The summed E-state index contributed by atoms with van der Waals surface area (Å²) in [6.07, 6.45) is -3.05. The lowest BCUT2D eigenvalue weighted by atomic mass is 9.84. The molecular weight excluding hydrogens is 476 g/mol. The molecule has 1 aliphatic rings. The summed E-state index contributed by atoms with van der Waals surface area (Å²) >= 11 is 0. The van der Waals surface area contributed by atoms with Crippen molar-refractivity contribution in [3.63, 3.8) is 0 Å². The zero-order chi connectivity index (χ0) is 25.1. The van der Waals surface area contributed by atoms with E-state index >= 15 is 0 Å². The number of cyclic esters (lactones) is 1. The Kier molecular flexibility index (Phi) is 7.56. The smallest absolute Gasteiger partial charge is 0.416 e. The Bertz CT molecular complexity index is 1110. The SMILES string of the molecule is C[C@@H](c1ccc(C(F)(F)F)cc1)N1CC[C@](CCCNS(C)(=O)=O)(c2ccc(F)cc2)OC1=O. The van der Waals surface area contributed by atoms with E-state index in [1.165, 1.54) is 41.3 Å². The predicted octanol–water partition coefficient (Wildman–Crippen LogP) is 4.97. The molecule has 11 heteroatoms. The number of hydrogen-bond donors (Lipinski definition) is 1. The molecule has 0 radical (unpaired) electrons. The number of amides is 1. The van der Waals surface area contributed by atoms with Crippen LogP contribution in [0.1, 0.15) is 48.9 Å². The molecule has 0 saturated carbocycles. The number of nitrogens with one attached hydrogen (secondary N) is 1. The van der Waals surface area contributed by atoms with E-state index in [-0.39, 0.29) is 13.1 Å². The fourth-order valence-corrected chi connectivity index (χ4v) is 4.58. The maximum absolute atomic E-state index is 13.5. The van der Waals surface area contributed by atoms with E-state index in [0.29, 0.717) is 30.4 Å². The maximum atomic E-state index is 13.5. The Morgan fingerprint density at radius 2 is 1.74 bits per heavy atom. The summed E-state index contributed by atoms with van der Waals surface area (Å²) in [6.45, 7) is 2.09. The predicted molar refractivity (Wildman–Crippen MR) is 118 cm³/mol. The first-order valence-electron chi connectivity index (χ1n) is 10.7. The first kappa shape index (κ1) is 26.0. The number of benzene rings is 2. The third-order valence-corrected chi connectivity index (χ3v) is 6.68. The molecule has 1 saturated heterocycles. The summed E-state index contributed by atoms with van der Waals surface area (Å²) < 4.78 is 83.0. The Morgan fingerprint density at radius 3 is 2.26 bits per heavy atom. The molecule has 0 unspecified atom stereocenters. The summed E-state index contributed by atoms with van der Waals surface area (Å²) in [5, 5.41) is 0. The number of sulfonamides is 1. The first-order chi connectivity index (χ1) is 15.8. The largest absolute Gasteiger partial charge is 0.438 e. The van der Waals surface area contributed by atoms with E-state index in [4.69, 9.17) is 4.74 Å². The van der Waals surface area contributed by atoms with E-state index in [1.54, 1.807) is 6.92 Å². The van der Waals surface area contributed by atoms with Gasteiger partial charge in [0.25, 0.3) is 0 Å². The van der Waals surface area contributed by atoms with Gasteiger partial charge in [-0.15, -0.1) is 0 Å². The molecule has 1 fully saturated rings. The van der Waals surface area contributed by atoms with Gasteiger partial charge in [0.15, 0.2) is 0 Å². The summed E-state index contributed by atoms with van der Waals surface area (Å²) in [7, 11) is -3.38. The fourth-order valence-electron chi connectivity index (χ4n) is 4.06. The minimum absolute atomic E-state index is 0.144. The highest BCUT2D eigenvalue weighted by molar-refractivity contribution is 7.88. The number of ether oxygens (including phenoxy) is 1. The number of carbonyl (C=O) groups is 1. The average Bonchev–Trinajstić information content (AvgIpc) is 2.76. The van der Waals surface area contributed by atoms with Gasteiger partial charge in [-0.1, -0.05) is 24.3 Å². The molecular formula is C23H26F4N2O4S. The van der Waals surface area contributed by atoms with E-state index in [9.17, 15) is 30.8 Å². The van der Waals surface area contributed by atoms with E-state index in [1.807, 2.05) is 0 Å². The maximum Gasteiger partial charge on any atom is 0.416 e. The second kappa shape index (κ2) is 9.91. The minimum Gasteiger partial charge on any atom is -0.438 e. The van der Waals surface area contributed by atoms with Crippen molar-refractivity contribution in [2.45, 2.75) is 44.0 Å². The van der Waals surface area contributed by atoms with Gasteiger partial charge in [-0.3, -0.25) is 0 Å². The van der Waals surface area contributed by atoms with Crippen molar-refractivity contribution >= 4 is 16.1 Å². The van der Waals surface area contributed by atoms with Crippen molar-refractivity contribution in [3.8, 4) is 0 Å². The highest BCUT2D eigenvalue weighted by atomic mass is 32.2. The summed E-state index contributed by atoms with van der Waals surface area (Å²) in [5.74, 6) is -0.447. The lowest BCUT2D eigenvalue weighted by Crippen LogP contribution is -2.49. The van der Waals surface area contributed by atoms with Gasteiger partial charge in [-0.25, -0.2) is 22.3 Å². The van der Waals surface area contributed by atoms with Crippen LogP contribution in [0.2, 0.25) is 0 Å². The zero-order valence-electron chi connectivity index (χ0n) is 18.7.